The van der Waals surface area contributed by atoms with Crippen molar-refractivity contribution in [3.05, 3.63) is 71.6 Å². The molecule has 182 valence electrons. The highest BCUT2D eigenvalue weighted by Crippen LogP contribution is 2.17. The average Bonchev–Trinajstić information content (AvgIpc) is 3.23. The van der Waals surface area contributed by atoms with Crippen molar-refractivity contribution in [2.24, 2.45) is 0 Å². The van der Waals surface area contributed by atoms with Crippen LogP contribution in [-0.2, 0) is 0 Å². The largest absolute Gasteiger partial charge is 0.494 e. The van der Waals surface area contributed by atoms with Crippen LogP contribution in [0.2, 0.25) is 0 Å². The SMILES string of the molecule is CC/C=C(/NCCNO)c1ccc(F)cc1.Cc1ccc(OCCCN2CCCC2C)cc1. The molecule has 1 saturated heterocycles. The molecule has 0 amide bonds. The molecule has 3 rings (SSSR count). The summed E-state index contributed by atoms with van der Waals surface area (Å²) in [6.07, 6.45) is 6.77. The van der Waals surface area contributed by atoms with Crippen molar-refractivity contribution in [3.8, 4) is 5.75 Å². The van der Waals surface area contributed by atoms with E-state index in [1.54, 1.807) is 12.1 Å². The lowest BCUT2D eigenvalue weighted by Gasteiger charge is -2.20. The van der Waals surface area contributed by atoms with Crippen molar-refractivity contribution in [1.82, 2.24) is 15.7 Å². The highest BCUT2D eigenvalue weighted by atomic mass is 19.1. The molecule has 6 heteroatoms. The second-order valence-corrected chi connectivity index (χ2v) is 8.41. The van der Waals surface area contributed by atoms with E-state index in [1.807, 2.05) is 25.1 Å². The monoisotopic (exact) mass is 457 g/mol. The molecule has 0 aromatic heterocycles. The van der Waals surface area contributed by atoms with Crippen LogP contribution in [0, 0.1) is 12.7 Å². The van der Waals surface area contributed by atoms with Gasteiger partial charge in [-0.2, -0.15) is 0 Å². The van der Waals surface area contributed by atoms with E-state index in [0.717, 1.165) is 42.5 Å². The van der Waals surface area contributed by atoms with Crippen LogP contribution >= 0.6 is 0 Å². The Morgan fingerprint density at radius 3 is 2.48 bits per heavy atom. The lowest BCUT2D eigenvalue weighted by molar-refractivity contribution is 0.169. The topological polar surface area (TPSA) is 56.8 Å². The Kier molecular flexibility index (Phi) is 12.6. The van der Waals surface area contributed by atoms with E-state index in [4.69, 9.17) is 9.94 Å². The van der Waals surface area contributed by atoms with E-state index in [0.29, 0.717) is 13.1 Å². The maximum absolute atomic E-state index is 12.8. The molecule has 0 radical (unpaired) electrons. The van der Waals surface area contributed by atoms with E-state index >= 15 is 0 Å². The number of allylic oxidation sites excluding steroid dienone is 1. The molecule has 2 aromatic carbocycles. The van der Waals surface area contributed by atoms with Crippen molar-refractivity contribution in [3.63, 3.8) is 0 Å². The molecule has 33 heavy (non-hydrogen) atoms. The first-order chi connectivity index (χ1) is 16.0. The van der Waals surface area contributed by atoms with Crippen LogP contribution < -0.4 is 15.5 Å². The minimum Gasteiger partial charge on any atom is -0.494 e. The van der Waals surface area contributed by atoms with E-state index in [1.165, 1.54) is 43.6 Å². The van der Waals surface area contributed by atoms with Gasteiger partial charge in [-0.3, -0.25) is 0 Å². The zero-order chi connectivity index (χ0) is 23.9. The number of hydroxylamine groups is 1. The van der Waals surface area contributed by atoms with E-state index in [2.05, 4.69) is 41.7 Å². The van der Waals surface area contributed by atoms with Crippen molar-refractivity contribution in [2.75, 3.05) is 32.8 Å². The molecule has 3 N–H and O–H groups in total. The molecular weight excluding hydrogens is 417 g/mol. The Labute approximate surface area is 198 Å². The number of ether oxygens (including phenoxy) is 1. The quantitative estimate of drug-likeness (QED) is 0.312. The van der Waals surface area contributed by atoms with Crippen LogP contribution in [0.1, 0.15) is 50.7 Å². The predicted octanol–water partition coefficient (Wildman–Crippen LogP) is 5.39. The minimum atomic E-state index is -0.239. The number of nitrogens with one attached hydrogen (secondary N) is 2. The van der Waals surface area contributed by atoms with Gasteiger partial charge in [0.1, 0.15) is 11.6 Å². The van der Waals surface area contributed by atoms with Crippen molar-refractivity contribution in [1.29, 1.82) is 0 Å². The van der Waals surface area contributed by atoms with Gasteiger partial charge in [0.05, 0.1) is 6.61 Å². The predicted molar refractivity (Wildman–Crippen MR) is 134 cm³/mol. The number of hydrogen-bond acceptors (Lipinski definition) is 5. The van der Waals surface area contributed by atoms with Gasteiger partial charge in [0.25, 0.3) is 0 Å². The van der Waals surface area contributed by atoms with Gasteiger partial charge in [0.2, 0.25) is 0 Å². The Bertz CT molecular complexity index is 809. The summed E-state index contributed by atoms with van der Waals surface area (Å²) in [6.45, 7) is 10.8. The van der Waals surface area contributed by atoms with Gasteiger partial charge < -0.3 is 20.2 Å². The van der Waals surface area contributed by atoms with Crippen LogP contribution in [0.5, 0.6) is 5.75 Å². The summed E-state index contributed by atoms with van der Waals surface area (Å²) in [7, 11) is 0. The normalized spacial score (nSPS) is 16.3. The molecule has 0 aliphatic carbocycles. The van der Waals surface area contributed by atoms with Gasteiger partial charge in [-0.05, 0) is 75.9 Å². The van der Waals surface area contributed by atoms with Crippen LogP contribution in [0.15, 0.2) is 54.6 Å². The zero-order valence-corrected chi connectivity index (χ0v) is 20.3. The summed E-state index contributed by atoms with van der Waals surface area (Å²) in [4.78, 5) is 2.57. The Hall–Kier alpha value is -2.41. The fourth-order valence-electron chi connectivity index (χ4n) is 3.80. The molecule has 0 saturated carbocycles. The summed E-state index contributed by atoms with van der Waals surface area (Å²) < 4.78 is 18.5. The van der Waals surface area contributed by atoms with Crippen LogP contribution in [0.25, 0.3) is 5.70 Å². The summed E-state index contributed by atoms with van der Waals surface area (Å²) in [5, 5.41) is 11.6. The molecule has 1 fully saturated rings. The van der Waals surface area contributed by atoms with E-state index in [-0.39, 0.29) is 5.82 Å². The first kappa shape index (κ1) is 26.8. The van der Waals surface area contributed by atoms with E-state index < -0.39 is 0 Å². The average molecular weight is 458 g/mol. The Morgan fingerprint density at radius 1 is 1.15 bits per heavy atom. The second-order valence-electron chi connectivity index (χ2n) is 8.41. The molecule has 1 aliphatic heterocycles. The van der Waals surface area contributed by atoms with Gasteiger partial charge in [-0.25, -0.2) is 9.87 Å². The second kappa shape index (κ2) is 15.4. The number of benzene rings is 2. The number of nitrogens with zero attached hydrogens (tertiary/aromatic N) is 1. The van der Waals surface area contributed by atoms with Crippen LogP contribution in [0.3, 0.4) is 0 Å². The number of halogens is 1. The van der Waals surface area contributed by atoms with Gasteiger partial charge >= 0.3 is 0 Å². The molecule has 1 unspecified atom stereocenters. The highest BCUT2D eigenvalue weighted by molar-refractivity contribution is 5.63. The smallest absolute Gasteiger partial charge is 0.123 e. The van der Waals surface area contributed by atoms with Gasteiger partial charge in [0, 0.05) is 31.4 Å². The standard InChI is InChI=1S/C15H23NO.C12H17FN2O/c1-13-6-8-15(9-7-13)17-12-4-11-16-10-3-5-14(16)2;1-2-3-12(14-8-9-15-16)10-4-6-11(13)7-5-10/h6-9,14H,3-5,10-12H2,1-2H3;3-7,14-16H,2,8-9H2,1H3/b;12-3+. The highest BCUT2D eigenvalue weighted by Gasteiger charge is 2.18. The summed E-state index contributed by atoms with van der Waals surface area (Å²) in [5.41, 5.74) is 5.26. The molecule has 0 bridgehead atoms. The number of aryl methyl sites for hydroxylation is 1. The molecular formula is C27H40FN3O2. The molecule has 1 aliphatic rings. The number of likely N-dealkylation sites (tertiary alicyclic amines) is 1. The van der Waals surface area contributed by atoms with Gasteiger partial charge in [-0.1, -0.05) is 42.8 Å². The first-order valence-corrected chi connectivity index (χ1v) is 12.0. The van der Waals surface area contributed by atoms with E-state index in [9.17, 15) is 4.39 Å². The minimum absolute atomic E-state index is 0.239. The lowest BCUT2D eigenvalue weighted by Crippen LogP contribution is -2.28. The van der Waals surface area contributed by atoms with Crippen molar-refractivity contribution >= 4 is 5.70 Å². The Morgan fingerprint density at radius 2 is 1.88 bits per heavy atom. The first-order valence-electron chi connectivity index (χ1n) is 12.0. The summed E-state index contributed by atoms with van der Waals surface area (Å²) in [6, 6.07) is 15.4. The fraction of sp³-hybridized carbons (Fsp3) is 0.481. The number of rotatable bonds is 11. The lowest BCUT2D eigenvalue weighted by atomic mass is 10.1. The maximum Gasteiger partial charge on any atom is 0.123 e. The third kappa shape index (κ3) is 10.4. The summed E-state index contributed by atoms with van der Waals surface area (Å²) >= 11 is 0. The molecule has 1 atom stereocenters. The zero-order valence-electron chi connectivity index (χ0n) is 20.3. The van der Waals surface area contributed by atoms with Crippen molar-refractivity contribution < 1.29 is 14.3 Å². The summed E-state index contributed by atoms with van der Waals surface area (Å²) in [5.74, 6) is 0.752. The van der Waals surface area contributed by atoms with Crippen LogP contribution in [0.4, 0.5) is 4.39 Å². The maximum atomic E-state index is 12.8. The third-order valence-electron chi connectivity index (χ3n) is 5.69. The van der Waals surface area contributed by atoms with Gasteiger partial charge in [-0.15, -0.1) is 0 Å². The fourth-order valence-corrected chi connectivity index (χ4v) is 3.80. The Balaban J connectivity index is 0.000000234. The molecule has 1 heterocycles. The molecule has 2 aromatic rings. The van der Waals surface area contributed by atoms with Crippen LogP contribution in [-0.4, -0.2) is 48.9 Å². The van der Waals surface area contributed by atoms with Gasteiger partial charge in [0.15, 0.2) is 0 Å². The molecule has 5 nitrogen and oxygen atoms in total. The third-order valence-corrected chi connectivity index (χ3v) is 5.69. The molecule has 0 spiro atoms. The number of hydrogen-bond donors (Lipinski definition) is 3. The van der Waals surface area contributed by atoms with Crippen molar-refractivity contribution in [2.45, 2.75) is 52.5 Å².